The molecule has 0 saturated carbocycles. The van der Waals surface area contributed by atoms with Crippen molar-refractivity contribution >= 4 is 5.52 Å². The van der Waals surface area contributed by atoms with Gasteiger partial charge in [0.2, 0.25) is 0 Å². The van der Waals surface area contributed by atoms with Crippen molar-refractivity contribution in [1.82, 2.24) is 19.9 Å². The summed E-state index contributed by atoms with van der Waals surface area (Å²) in [6, 6.07) is 8.60. The molecule has 20 heavy (non-hydrogen) atoms. The molecule has 1 atom stereocenters. The second-order valence-electron chi connectivity index (χ2n) is 4.85. The first-order valence-corrected chi connectivity index (χ1v) is 6.87. The molecule has 0 fully saturated rings. The van der Waals surface area contributed by atoms with Gasteiger partial charge < -0.3 is 5.32 Å². The average Bonchev–Trinajstić information content (AvgIpc) is 2.90. The van der Waals surface area contributed by atoms with Crippen LogP contribution in [0.2, 0.25) is 0 Å². The summed E-state index contributed by atoms with van der Waals surface area (Å²) >= 11 is 0. The minimum atomic E-state index is 0.142. The van der Waals surface area contributed by atoms with E-state index in [1.165, 1.54) is 11.1 Å². The Hall–Kier alpha value is -2.20. The SMILES string of the molecule is CCNC(c1ccccc1C)c1cnn2ccncc12. The van der Waals surface area contributed by atoms with Gasteiger partial charge in [0.15, 0.2) is 0 Å². The molecule has 2 aromatic heterocycles. The van der Waals surface area contributed by atoms with E-state index in [-0.39, 0.29) is 6.04 Å². The van der Waals surface area contributed by atoms with Gasteiger partial charge in [0.1, 0.15) is 0 Å². The van der Waals surface area contributed by atoms with Crippen molar-refractivity contribution < 1.29 is 0 Å². The second kappa shape index (κ2) is 5.43. The number of hydrogen-bond donors (Lipinski definition) is 1. The van der Waals surface area contributed by atoms with Crippen molar-refractivity contribution in [2.45, 2.75) is 19.9 Å². The predicted octanol–water partition coefficient (Wildman–Crippen LogP) is 2.74. The molecule has 0 saturated heterocycles. The monoisotopic (exact) mass is 266 g/mol. The fourth-order valence-electron chi connectivity index (χ4n) is 2.58. The molecule has 0 aliphatic carbocycles. The molecule has 0 amide bonds. The summed E-state index contributed by atoms with van der Waals surface area (Å²) in [5, 5.41) is 7.97. The van der Waals surface area contributed by atoms with Crippen LogP contribution in [0.25, 0.3) is 5.52 Å². The smallest absolute Gasteiger partial charge is 0.0896 e. The minimum Gasteiger partial charge on any atom is -0.306 e. The quantitative estimate of drug-likeness (QED) is 0.789. The molecule has 0 bridgehead atoms. The Kier molecular flexibility index (Phi) is 3.48. The Labute approximate surface area is 118 Å². The maximum atomic E-state index is 4.41. The number of nitrogens with one attached hydrogen (secondary N) is 1. The predicted molar refractivity (Wildman–Crippen MR) is 79.7 cm³/mol. The topological polar surface area (TPSA) is 42.2 Å². The summed E-state index contributed by atoms with van der Waals surface area (Å²) in [4.78, 5) is 4.22. The Morgan fingerprint density at radius 3 is 2.85 bits per heavy atom. The summed E-state index contributed by atoms with van der Waals surface area (Å²) in [7, 11) is 0. The highest BCUT2D eigenvalue weighted by Crippen LogP contribution is 2.27. The molecule has 2 heterocycles. The van der Waals surface area contributed by atoms with Crippen LogP contribution < -0.4 is 5.32 Å². The summed E-state index contributed by atoms with van der Waals surface area (Å²) in [5.41, 5.74) is 4.77. The summed E-state index contributed by atoms with van der Waals surface area (Å²) in [6.07, 6.45) is 7.42. The zero-order valence-electron chi connectivity index (χ0n) is 11.7. The molecule has 0 spiro atoms. The van der Waals surface area contributed by atoms with Crippen LogP contribution in [0.15, 0.2) is 49.1 Å². The third kappa shape index (κ3) is 2.18. The zero-order chi connectivity index (χ0) is 13.9. The summed E-state index contributed by atoms with van der Waals surface area (Å²) < 4.78 is 1.87. The molecule has 0 aliphatic rings. The first kappa shape index (κ1) is 12.8. The minimum absolute atomic E-state index is 0.142. The Morgan fingerprint density at radius 1 is 1.20 bits per heavy atom. The van der Waals surface area contributed by atoms with Gasteiger partial charge in [-0.25, -0.2) is 4.52 Å². The number of hydrogen-bond acceptors (Lipinski definition) is 3. The van der Waals surface area contributed by atoms with E-state index in [1.807, 2.05) is 23.1 Å². The third-order valence-corrected chi connectivity index (χ3v) is 3.57. The van der Waals surface area contributed by atoms with E-state index in [2.05, 4.69) is 53.5 Å². The molecule has 102 valence electrons. The molecule has 3 rings (SSSR count). The van der Waals surface area contributed by atoms with Gasteiger partial charge in [-0.2, -0.15) is 5.10 Å². The van der Waals surface area contributed by atoms with Crippen molar-refractivity contribution in [3.05, 3.63) is 65.7 Å². The average molecular weight is 266 g/mol. The highest BCUT2D eigenvalue weighted by Gasteiger charge is 2.18. The number of aromatic nitrogens is 3. The molecular weight excluding hydrogens is 248 g/mol. The van der Waals surface area contributed by atoms with Crippen LogP contribution in [0.3, 0.4) is 0 Å². The van der Waals surface area contributed by atoms with Gasteiger partial charge in [-0.15, -0.1) is 0 Å². The number of benzene rings is 1. The molecule has 3 aromatic rings. The maximum absolute atomic E-state index is 4.41. The first-order valence-electron chi connectivity index (χ1n) is 6.87. The molecule has 0 aliphatic heterocycles. The zero-order valence-corrected chi connectivity index (χ0v) is 11.7. The van der Waals surface area contributed by atoms with E-state index in [0.717, 1.165) is 17.6 Å². The van der Waals surface area contributed by atoms with Crippen LogP contribution in [-0.2, 0) is 0 Å². The van der Waals surface area contributed by atoms with Gasteiger partial charge >= 0.3 is 0 Å². The molecule has 4 nitrogen and oxygen atoms in total. The molecule has 1 N–H and O–H groups in total. The van der Waals surface area contributed by atoms with Crippen molar-refractivity contribution in [3.8, 4) is 0 Å². The molecule has 1 aromatic carbocycles. The van der Waals surface area contributed by atoms with Gasteiger partial charge in [0.25, 0.3) is 0 Å². The van der Waals surface area contributed by atoms with Gasteiger partial charge in [0, 0.05) is 18.0 Å². The van der Waals surface area contributed by atoms with E-state index in [0.29, 0.717) is 0 Å². The number of nitrogens with zero attached hydrogens (tertiary/aromatic N) is 3. The van der Waals surface area contributed by atoms with Crippen molar-refractivity contribution in [1.29, 1.82) is 0 Å². The standard InChI is InChI=1S/C16H18N4/c1-3-18-16(13-7-5-4-6-12(13)2)14-10-19-20-9-8-17-11-15(14)20/h4-11,16,18H,3H2,1-2H3. The molecule has 0 radical (unpaired) electrons. The van der Waals surface area contributed by atoms with Crippen LogP contribution >= 0.6 is 0 Å². The fraction of sp³-hybridized carbons (Fsp3) is 0.250. The van der Waals surface area contributed by atoms with Crippen molar-refractivity contribution in [2.75, 3.05) is 6.54 Å². The van der Waals surface area contributed by atoms with Crippen LogP contribution in [0, 0.1) is 6.92 Å². The summed E-state index contributed by atoms with van der Waals surface area (Å²) in [5.74, 6) is 0. The largest absolute Gasteiger partial charge is 0.306 e. The number of rotatable bonds is 4. The van der Waals surface area contributed by atoms with Crippen LogP contribution in [0.4, 0.5) is 0 Å². The first-order chi connectivity index (χ1) is 9.81. The van der Waals surface area contributed by atoms with Crippen molar-refractivity contribution in [2.24, 2.45) is 0 Å². The number of fused-ring (bicyclic) bond motifs is 1. The lowest BCUT2D eigenvalue weighted by molar-refractivity contribution is 0.631. The Bertz CT molecular complexity index is 717. The van der Waals surface area contributed by atoms with E-state index < -0.39 is 0 Å². The van der Waals surface area contributed by atoms with Gasteiger partial charge in [0.05, 0.1) is 24.0 Å². The third-order valence-electron chi connectivity index (χ3n) is 3.57. The highest BCUT2D eigenvalue weighted by atomic mass is 15.2. The molecular formula is C16H18N4. The summed E-state index contributed by atoms with van der Waals surface area (Å²) in [6.45, 7) is 5.16. The van der Waals surface area contributed by atoms with Crippen molar-refractivity contribution in [3.63, 3.8) is 0 Å². The number of aryl methyl sites for hydroxylation is 1. The second-order valence-corrected chi connectivity index (χ2v) is 4.85. The van der Waals surface area contributed by atoms with Gasteiger partial charge in [-0.3, -0.25) is 4.98 Å². The van der Waals surface area contributed by atoms with Crippen LogP contribution in [-0.4, -0.2) is 21.1 Å². The maximum Gasteiger partial charge on any atom is 0.0896 e. The Morgan fingerprint density at radius 2 is 2.05 bits per heavy atom. The van der Waals surface area contributed by atoms with Gasteiger partial charge in [-0.1, -0.05) is 31.2 Å². The van der Waals surface area contributed by atoms with Gasteiger partial charge in [-0.05, 0) is 24.6 Å². The lowest BCUT2D eigenvalue weighted by Gasteiger charge is -2.19. The normalized spacial score (nSPS) is 12.7. The van der Waals surface area contributed by atoms with E-state index in [9.17, 15) is 0 Å². The Balaban J connectivity index is 2.14. The van der Waals surface area contributed by atoms with Crippen LogP contribution in [0.1, 0.15) is 29.7 Å². The lowest BCUT2D eigenvalue weighted by atomic mass is 9.96. The lowest BCUT2D eigenvalue weighted by Crippen LogP contribution is -2.22. The van der Waals surface area contributed by atoms with E-state index in [4.69, 9.17) is 0 Å². The highest BCUT2D eigenvalue weighted by molar-refractivity contribution is 5.56. The molecule has 1 unspecified atom stereocenters. The fourth-order valence-corrected chi connectivity index (χ4v) is 2.58. The van der Waals surface area contributed by atoms with E-state index >= 15 is 0 Å². The van der Waals surface area contributed by atoms with E-state index in [1.54, 1.807) is 6.20 Å². The van der Waals surface area contributed by atoms with Crippen LogP contribution in [0.5, 0.6) is 0 Å². The molecule has 4 heteroatoms.